The Hall–Kier alpha value is -2.83. The molecule has 4 heterocycles. The maximum atomic E-state index is 4.77. The molecule has 5 N–H and O–H groups in total. The standard InChI is InChI=1S/C24H40N12/c1-2-6-19(7-3-1)27-10-4-8-25-9-5-13-36-17-20(33-34-36)16-28-22-21-23(30-18-29-21)32-24(31-22)35-14-11-26-12-15-35/h17-19,25-27H,1-16H2,(H2,28,29,30,31,32). The van der Waals surface area contributed by atoms with E-state index in [0.29, 0.717) is 18.1 Å². The van der Waals surface area contributed by atoms with Gasteiger partial charge >= 0.3 is 0 Å². The van der Waals surface area contributed by atoms with Crippen LogP contribution in [0.2, 0.25) is 0 Å². The largest absolute Gasteiger partial charge is 0.362 e. The predicted molar refractivity (Wildman–Crippen MR) is 141 cm³/mol. The van der Waals surface area contributed by atoms with Crippen molar-refractivity contribution in [2.75, 3.05) is 56.0 Å². The van der Waals surface area contributed by atoms with Crippen molar-refractivity contribution >= 4 is 22.9 Å². The van der Waals surface area contributed by atoms with Gasteiger partial charge in [0.15, 0.2) is 11.5 Å². The number of piperazine rings is 1. The zero-order chi connectivity index (χ0) is 24.4. The van der Waals surface area contributed by atoms with Gasteiger partial charge in [-0.1, -0.05) is 24.5 Å². The molecule has 196 valence electrons. The van der Waals surface area contributed by atoms with Gasteiger partial charge in [-0.2, -0.15) is 9.97 Å². The van der Waals surface area contributed by atoms with E-state index in [1.807, 2.05) is 10.9 Å². The summed E-state index contributed by atoms with van der Waals surface area (Å²) in [5, 5.41) is 22.6. The zero-order valence-electron chi connectivity index (χ0n) is 21.2. The third-order valence-electron chi connectivity index (χ3n) is 7.01. The summed E-state index contributed by atoms with van der Waals surface area (Å²) in [6.45, 7) is 8.19. The van der Waals surface area contributed by atoms with Crippen LogP contribution >= 0.6 is 0 Å². The van der Waals surface area contributed by atoms with Crippen LogP contribution in [0.5, 0.6) is 0 Å². The van der Waals surface area contributed by atoms with E-state index < -0.39 is 0 Å². The quantitative estimate of drug-likeness (QED) is 0.220. The first kappa shape index (κ1) is 24.8. The van der Waals surface area contributed by atoms with Crippen LogP contribution in [0, 0.1) is 0 Å². The molecule has 3 aromatic heterocycles. The van der Waals surface area contributed by atoms with E-state index in [2.05, 4.69) is 51.4 Å². The van der Waals surface area contributed by atoms with Gasteiger partial charge in [-0.05, 0) is 45.3 Å². The number of nitrogens with one attached hydrogen (secondary N) is 5. The van der Waals surface area contributed by atoms with Crippen molar-refractivity contribution in [2.45, 2.75) is 64.1 Å². The third kappa shape index (κ3) is 6.89. The summed E-state index contributed by atoms with van der Waals surface area (Å²) in [6.07, 6.45) is 12.8. The second-order valence-corrected chi connectivity index (χ2v) is 9.78. The molecule has 0 unspecified atom stereocenters. The Balaban J connectivity index is 1.02. The SMILES string of the molecule is c1nc2nc(N3CCNCC3)nc(NCc3cn(CCCNCCCNC4CCCCC4)nn3)c2[nH]1. The molecule has 1 saturated heterocycles. The van der Waals surface area contributed by atoms with Crippen LogP contribution in [-0.4, -0.2) is 86.8 Å². The second kappa shape index (κ2) is 12.9. The minimum Gasteiger partial charge on any atom is -0.362 e. The molecule has 1 aliphatic heterocycles. The Morgan fingerprint density at radius 3 is 2.75 bits per heavy atom. The smallest absolute Gasteiger partial charge is 0.229 e. The molecule has 12 heteroatoms. The molecule has 0 atom stereocenters. The molecule has 36 heavy (non-hydrogen) atoms. The third-order valence-corrected chi connectivity index (χ3v) is 7.01. The highest BCUT2D eigenvalue weighted by molar-refractivity contribution is 5.83. The van der Waals surface area contributed by atoms with Crippen molar-refractivity contribution in [1.82, 2.24) is 50.9 Å². The predicted octanol–water partition coefficient (Wildman–Crippen LogP) is 1.26. The normalized spacial score (nSPS) is 17.2. The van der Waals surface area contributed by atoms with E-state index in [-0.39, 0.29) is 0 Å². The van der Waals surface area contributed by atoms with Crippen molar-refractivity contribution in [2.24, 2.45) is 0 Å². The van der Waals surface area contributed by atoms with Gasteiger partial charge in [0.05, 0.1) is 19.1 Å². The van der Waals surface area contributed by atoms with Gasteiger partial charge in [0.25, 0.3) is 0 Å². The van der Waals surface area contributed by atoms with E-state index in [1.165, 1.54) is 38.5 Å². The highest BCUT2D eigenvalue weighted by atomic mass is 15.4. The molecule has 12 nitrogen and oxygen atoms in total. The number of hydrogen-bond acceptors (Lipinski definition) is 10. The summed E-state index contributed by atoms with van der Waals surface area (Å²) in [7, 11) is 0. The molecule has 0 spiro atoms. The first-order valence-electron chi connectivity index (χ1n) is 13.6. The molecule has 1 saturated carbocycles. The summed E-state index contributed by atoms with van der Waals surface area (Å²) in [5.41, 5.74) is 2.36. The second-order valence-electron chi connectivity index (χ2n) is 9.78. The highest BCUT2D eigenvalue weighted by Crippen LogP contribution is 2.21. The van der Waals surface area contributed by atoms with Crippen LogP contribution in [0.15, 0.2) is 12.5 Å². The molecule has 1 aliphatic carbocycles. The Labute approximate surface area is 212 Å². The minimum absolute atomic E-state index is 0.540. The van der Waals surface area contributed by atoms with Gasteiger partial charge in [-0.15, -0.1) is 5.10 Å². The molecular weight excluding hydrogens is 456 g/mol. The molecule has 0 amide bonds. The van der Waals surface area contributed by atoms with E-state index in [1.54, 1.807) is 6.33 Å². The number of aromatic nitrogens is 7. The minimum atomic E-state index is 0.540. The van der Waals surface area contributed by atoms with Gasteiger partial charge in [0.1, 0.15) is 11.2 Å². The summed E-state index contributed by atoms with van der Waals surface area (Å²) in [6, 6.07) is 0.754. The fraction of sp³-hybridized carbons (Fsp3) is 0.708. The van der Waals surface area contributed by atoms with Crippen LogP contribution in [0.4, 0.5) is 11.8 Å². The fourth-order valence-electron chi connectivity index (χ4n) is 4.98. The van der Waals surface area contributed by atoms with Gasteiger partial charge in [-0.25, -0.2) is 4.98 Å². The zero-order valence-corrected chi connectivity index (χ0v) is 21.2. The number of nitrogens with zero attached hydrogens (tertiary/aromatic N) is 7. The number of aromatic amines is 1. The lowest BCUT2D eigenvalue weighted by Crippen LogP contribution is -2.44. The van der Waals surface area contributed by atoms with Gasteiger partial charge < -0.3 is 31.2 Å². The Morgan fingerprint density at radius 2 is 1.86 bits per heavy atom. The summed E-state index contributed by atoms with van der Waals surface area (Å²) < 4.78 is 1.92. The van der Waals surface area contributed by atoms with Crippen molar-refractivity contribution in [3.63, 3.8) is 0 Å². The number of fused-ring (bicyclic) bond motifs is 1. The number of H-pyrrole nitrogens is 1. The Kier molecular flexibility index (Phi) is 8.92. The van der Waals surface area contributed by atoms with E-state index in [4.69, 9.17) is 4.98 Å². The molecular formula is C24H40N12. The van der Waals surface area contributed by atoms with Crippen LogP contribution in [-0.2, 0) is 13.1 Å². The average Bonchev–Trinajstić information content (AvgIpc) is 3.59. The first-order chi connectivity index (χ1) is 17.8. The number of hydrogen-bond donors (Lipinski definition) is 5. The van der Waals surface area contributed by atoms with Crippen molar-refractivity contribution in [3.8, 4) is 0 Å². The topological polar surface area (TPSA) is 137 Å². The molecule has 2 aliphatic rings. The average molecular weight is 497 g/mol. The summed E-state index contributed by atoms with van der Waals surface area (Å²) in [4.78, 5) is 19.1. The van der Waals surface area contributed by atoms with Crippen molar-refractivity contribution in [1.29, 1.82) is 0 Å². The molecule has 2 fully saturated rings. The lowest BCUT2D eigenvalue weighted by Gasteiger charge is -2.27. The first-order valence-corrected chi connectivity index (χ1v) is 13.6. The van der Waals surface area contributed by atoms with Gasteiger partial charge in [0, 0.05) is 38.8 Å². The number of imidazole rings is 1. The molecule has 3 aromatic rings. The monoisotopic (exact) mass is 496 g/mol. The van der Waals surface area contributed by atoms with Crippen molar-refractivity contribution in [3.05, 3.63) is 18.2 Å². The fourth-order valence-corrected chi connectivity index (χ4v) is 4.98. The van der Waals surface area contributed by atoms with E-state index >= 15 is 0 Å². The Morgan fingerprint density at radius 1 is 1.00 bits per heavy atom. The van der Waals surface area contributed by atoms with Gasteiger partial charge in [0.2, 0.25) is 5.95 Å². The lowest BCUT2D eigenvalue weighted by atomic mass is 9.95. The molecule has 0 radical (unpaired) electrons. The van der Waals surface area contributed by atoms with Crippen LogP contribution in [0.25, 0.3) is 11.2 Å². The van der Waals surface area contributed by atoms with Crippen molar-refractivity contribution < 1.29 is 0 Å². The van der Waals surface area contributed by atoms with E-state index in [0.717, 1.165) is 81.8 Å². The molecule has 0 aromatic carbocycles. The van der Waals surface area contributed by atoms with E-state index in [9.17, 15) is 0 Å². The van der Waals surface area contributed by atoms with Crippen LogP contribution < -0.4 is 26.2 Å². The maximum absolute atomic E-state index is 4.77. The summed E-state index contributed by atoms with van der Waals surface area (Å²) >= 11 is 0. The highest BCUT2D eigenvalue weighted by Gasteiger charge is 2.17. The maximum Gasteiger partial charge on any atom is 0.229 e. The number of rotatable bonds is 13. The number of aryl methyl sites for hydroxylation is 1. The molecule has 0 bridgehead atoms. The van der Waals surface area contributed by atoms with Crippen LogP contribution in [0.3, 0.4) is 0 Å². The Bertz CT molecular complexity index is 1050. The molecule has 5 rings (SSSR count). The summed E-state index contributed by atoms with van der Waals surface area (Å²) in [5.74, 6) is 1.45. The van der Waals surface area contributed by atoms with Crippen LogP contribution in [0.1, 0.15) is 50.6 Å². The number of anilines is 2. The lowest BCUT2D eigenvalue weighted by molar-refractivity contribution is 0.371. The van der Waals surface area contributed by atoms with Gasteiger partial charge in [-0.3, -0.25) is 4.68 Å².